The molecule has 3 atom stereocenters. The molecule has 1 aromatic carbocycles. The summed E-state index contributed by atoms with van der Waals surface area (Å²) in [4.78, 5) is 0. The molecule has 0 amide bonds. The fraction of sp³-hybridized carbons (Fsp3) is 0.647. The van der Waals surface area contributed by atoms with Crippen LogP contribution in [0.5, 0.6) is 0 Å². The van der Waals surface area contributed by atoms with Gasteiger partial charge in [-0.25, -0.2) is 0 Å². The summed E-state index contributed by atoms with van der Waals surface area (Å²) in [6.07, 6.45) is 5.64. The van der Waals surface area contributed by atoms with Gasteiger partial charge in [-0.1, -0.05) is 49.6 Å². The Morgan fingerprint density at radius 3 is 2.89 bits per heavy atom. The van der Waals surface area contributed by atoms with Crippen molar-refractivity contribution in [2.24, 2.45) is 11.7 Å². The van der Waals surface area contributed by atoms with Crippen LogP contribution >= 0.6 is 0 Å². The molecule has 1 saturated carbocycles. The monoisotopic (exact) mass is 261 g/mol. The van der Waals surface area contributed by atoms with Gasteiger partial charge in [0.05, 0.1) is 5.60 Å². The molecule has 2 N–H and O–H groups in total. The largest absolute Gasteiger partial charge is 0.377 e. The summed E-state index contributed by atoms with van der Waals surface area (Å²) < 4.78 is 5.89. The van der Waals surface area contributed by atoms with Gasteiger partial charge in [-0.15, -0.1) is 0 Å². The second kappa shape index (κ2) is 6.06. The molecule has 19 heavy (non-hydrogen) atoms. The number of benzene rings is 1. The summed E-state index contributed by atoms with van der Waals surface area (Å²) in [5.41, 5.74) is 9.01. The summed E-state index contributed by atoms with van der Waals surface area (Å²) in [6.45, 7) is 4.44. The van der Waals surface area contributed by atoms with E-state index in [0.29, 0.717) is 0 Å². The minimum atomic E-state index is -0.124. The molecule has 0 aromatic heterocycles. The van der Waals surface area contributed by atoms with E-state index in [9.17, 15) is 0 Å². The molecule has 0 saturated heterocycles. The van der Waals surface area contributed by atoms with E-state index in [-0.39, 0.29) is 11.6 Å². The lowest BCUT2D eigenvalue weighted by Gasteiger charge is -2.43. The predicted molar refractivity (Wildman–Crippen MR) is 80.2 cm³/mol. The third kappa shape index (κ3) is 3.37. The van der Waals surface area contributed by atoms with Gasteiger partial charge in [-0.05, 0) is 37.7 Å². The summed E-state index contributed by atoms with van der Waals surface area (Å²) >= 11 is 0. The standard InChI is InChI=1S/C17H27NO/c1-13-6-4-8-15(10-13)11-16(18)17(19-3)9-5-7-14(2)12-17/h4,6,8,10,14,16H,5,7,9,11-12,18H2,1-3H3. The zero-order valence-corrected chi connectivity index (χ0v) is 12.5. The number of hydrogen-bond donors (Lipinski definition) is 1. The lowest BCUT2D eigenvalue weighted by molar-refractivity contribution is -0.0705. The van der Waals surface area contributed by atoms with Gasteiger partial charge in [0.25, 0.3) is 0 Å². The van der Waals surface area contributed by atoms with Gasteiger partial charge in [0.2, 0.25) is 0 Å². The maximum absolute atomic E-state index is 6.51. The predicted octanol–water partition coefficient (Wildman–Crippen LogP) is 3.46. The highest BCUT2D eigenvalue weighted by molar-refractivity contribution is 5.23. The molecule has 106 valence electrons. The van der Waals surface area contributed by atoms with E-state index in [0.717, 1.165) is 25.2 Å². The minimum Gasteiger partial charge on any atom is -0.377 e. The van der Waals surface area contributed by atoms with Crippen molar-refractivity contribution in [1.29, 1.82) is 0 Å². The van der Waals surface area contributed by atoms with E-state index in [2.05, 4.69) is 38.1 Å². The SMILES string of the molecule is COC1(C(N)Cc2cccc(C)c2)CCCC(C)C1. The number of nitrogens with two attached hydrogens (primary N) is 1. The molecule has 3 unspecified atom stereocenters. The Morgan fingerprint density at radius 1 is 1.47 bits per heavy atom. The molecular formula is C17H27NO. The van der Waals surface area contributed by atoms with Crippen molar-refractivity contribution < 1.29 is 4.74 Å². The van der Waals surface area contributed by atoms with Crippen molar-refractivity contribution in [2.45, 2.75) is 57.6 Å². The number of hydrogen-bond acceptors (Lipinski definition) is 2. The minimum absolute atomic E-state index is 0.0852. The topological polar surface area (TPSA) is 35.2 Å². The first kappa shape index (κ1) is 14.5. The summed E-state index contributed by atoms with van der Waals surface area (Å²) in [7, 11) is 1.83. The molecule has 2 nitrogen and oxygen atoms in total. The molecule has 0 radical (unpaired) electrons. The van der Waals surface area contributed by atoms with Gasteiger partial charge in [0.15, 0.2) is 0 Å². The van der Waals surface area contributed by atoms with Crippen LogP contribution in [0, 0.1) is 12.8 Å². The van der Waals surface area contributed by atoms with Crippen LogP contribution in [0.1, 0.15) is 43.7 Å². The zero-order valence-electron chi connectivity index (χ0n) is 12.5. The van der Waals surface area contributed by atoms with Crippen LogP contribution in [-0.2, 0) is 11.2 Å². The number of ether oxygens (including phenoxy) is 1. The average Bonchev–Trinajstić information content (AvgIpc) is 2.38. The first-order valence-electron chi connectivity index (χ1n) is 7.42. The van der Waals surface area contributed by atoms with Crippen molar-refractivity contribution in [3.63, 3.8) is 0 Å². The molecule has 0 spiro atoms. The van der Waals surface area contributed by atoms with Crippen LogP contribution in [0.2, 0.25) is 0 Å². The van der Waals surface area contributed by atoms with E-state index in [1.165, 1.54) is 24.0 Å². The van der Waals surface area contributed by atoms with E-state index in [4.69, 9.17) is 10.5 Å². The Balaban J connectivity index is 2.10. The Morgan fingerprint density at radius 2 is 2.26 bits per heavy atom. The summed E-state index contributed by atoms with van der Waals surface area (Å²) in [5.74, 6) is 0.720. The molecule has 1 fully saturated rings. The van der Waals surface area contributed by atoms with Gasteiger partial charge in [-0.3, -0.25) is 0 Å². The van der Waals surface area contributed by atoms with Gasteiger partial charge < -0.3 is 10.5 Å². The Hall–Kier alpha value is -0.860. The van der Waals surface area contributed by atoms with E-state index < -0.39 is 0 Å². The van der Waals surface area contributed by atoms with Crippen LogP contribution in [0.15, 0.2) is 24.3 Å². The highest BCUT2D eigenvalue weighted by Crippen LogP contribution is 2.37. The number of methoxy groups -OCH3 is 1. The van der Waals surface area contributed by atoms with Crippen LogP contribution < -0.4 is 5.73 Å². The first-order valence-corrected chi connectivity index (χ1v) is 7.42. The number of rotatable bonds is 4. The Labute approximate surface area is 117 Å². The summed E-state index contributed by atoms with van der Waals surface area (Å²) in [6, 6.07) is 8.73. The molecule has 0 heterocycles. The highest BCUT2D eigenvalue weighted by atomic mass is 16.5. The van der Waals surface area contributed by atoms with Gasteiger partial charge >= 0.3 is 0 Å². The molecule has 1 aliphatic carbocycles. The van der Waals surface area contributed by atoms with Crippen molar-refractivity contribution in [1.82, 2.24) is 0 Å². The average molecular weight is 261 g/mol. The first-order chi connectivity index (χ1) is 9.05. The molecule has 0 bridgehead atoms. The van der Waals surface area contributed by atoms with Gasteiger partial charge in [0, 0.05) is 13.2 Å². The second-order valence-corrected chi connectivity index (χ2v) is 6.27. The van der Waals surface area contributed by atoms with Crippen LogP contribution in [0.25, 0.3) is 0 Å². The third-order valence-corrected chi connectivity index (χ3v) is 4.61. The quantitative estimate of drug-likeness (QED) is 0.901. The lowest BCUT2D eigenvalue weighted by atomic mass is 9.73. The normalized spacial score (nSPS) is 29.2. The van der Waals surface area contributed by atoms with Crippen molar-refractivity contribution in [3.05, 3.63) is 35.4 Å². The van der Waals surface area contributed by atoms with Crippen molar-refractivity contribution >= 4 is 0 Å². The highest BCUT2D eigenvalue weighted by Gasteiger charge is 2.40. The maximum Gasteiger partial charge on any atom is 0.0834 e. The fourth-order valence-corrected chi connectivity index (χ4v) is 3.50. The van der Waals surface area contributed by atoms with Crippen LogP contribution in [-0.4, -0.2) is 18.8 Å². The molecule has 2 rings (SSSR count). The lowest BCUT2D eigenvalue weighted by Crippen LogP contribution is -2.53. The smallest absolute Gasteiger partial charge is 0.0834 e. The van der Waals surface area contributed by atoms with E-state index in [1.807, 2.05) is 7.11 Å². The second-order valence-electron chi connectivity index (χ2n) is 6.27. The molecule has 1 aliphatic rings. The molecular weight excluding hydrogens is 234 g/mol. The zero-order chi connectivity index (χ0) is 13.9. The summed E-state index contributed by atoms with van der Waals surface area (Å²) in [5, 5.41) is 0. The van der Waals surface area contributed by atoms with E-state index in [1.54, 1.807) is 0 Å². The van der Waals surface area contributed by atoms with E-state index >= 15 is 0 Å². The van der Waals surface area contributed by atoms with Crippen molar-refractivity contribution in [2.75, 3.05) is 7.11 Å². The Bertz CT molecular complexity index is 417. The van der Waals surface area contributed by atoms with Crippen LogP contribution in [0.4, 0.5) is 0 Å². The molecule has 0 aliphatic heterocycles. The fourth-order valence-electron chi connectivity index (χ4n) is 3.50. The third-order valence-electron chi connectivity index (χ3n) is 4.61. The molecule has 2 heteroatoms. The van der Waals surface area contributed by atoms with Crippen molar-refractivity contribution in [3.8, 4) is 0 Å². The number of aryl methyl sites for hydroxylation is 1. The van der Waals surface area contributed by atoms with Gasteiger partial charge in [0.1, 0.15) is 0 Å². The maximum atomic E-state index is 6.51. The molecule has 1 aromatic rings. The van der Waals surface area contributed by atoms with Gasteiger partial charge in [-0.2, -0.15) is 0 Å². The Kier molecular flexibility index (Phi) is 4.64. The van der Waals surface area contributed by atoms with Crippen LogP contribution in [0.3, 0.4) is 0 Å².